The number of benzene rings is 1. The van der Waals surface area contributed by atoms with E-state index in [1.54, 1.807) is 26.0 Å². The van der Waals surface area contributed by atoms with E-state index in [1.807, 2.05) is 0 Å². The zero-order valence-corrected chi connectivity index (χ0v) is 18.4. The number of nitro benzene ring substituents is 1. The SMILES string of the molecule is CCOc1ccc(NC(=O)COC(=O)c2sc(NC(=O)c3ccco3)cc2C)c([N+](=O)[O-])c1. The summed E-state index contributed by atoms with van der Waals surface area (Å²) >= 11 is 0.978. The number of furan rings is 1. The highest BCUT2D eigenvalue weighted by Crippen LogP contribution is 2.30. The maximum absolute atomic E-state index is 12.4. The fourth-order valence-corrected chi connectivity index (χ4v) is 3.70. The fourth-order valence-electron chi connectivity index (χ4n) is 2.74. The van der Waals surface area contributed by atoms with E-state index in [9.17, 15) is 24.5 Å². The lowest BCUT2D eigenvalue weighted by Crippen LogP contribution is -2.21. The lowest BCUT2D eigenvalue weighted by atomic mass is 10.2. The number of nitrogens with zero attached hydrogens (tertiary/aromatic N) is 1. The van der Waals surface area contributed by atoms with Gasteiger partial charge in [-0.25, -0.2) is 4.79 Å². The summed E-state index contributed by atoms with van der Waals surface area (Å²) in [5.41, 5.74) is 0.133. The first-order valence-electron chi connectivity index (χ1n) is 9.62. The molecule has 33 heavy (non-hydrogen) atoms. The molecule has 0 radical (unpaired) electrons. The summed E-state index contributed by atoms with van der Waals surface area (Å²) in [6, 6.07) is 8.67. The first-order chi connectivity index (χ1) is 15.8. The summed E-state index contributed by atoms with van der Waals surface area (Å²) < 4.78 is 15.3. The molecular formula is C21H19N3O8S. The molecule has 0 saturated heterocycles. The first kappa shape index (κ1) is 23.5. The molecule has 11 nitrogen and oxygen atoms in total. The van der Waals surface area contributed by atoms with E-state index in [1.165, 1.54) is 30.5 Å². The first-order valence-corrected chi connectivity index (χ1v) is 10.4. The average Bonchev–Trinajstić information content (AvgIpc) is 3.43. The number of hydrogen-bond acceptors (Lipinski definition) is 9. The van der Waals surface area contributed by atoms with E-state index >= 15 is 0 Å². The Kier molecular flexibility index (Phi) is 7.41. The molecule has 3 aromatic rings. The Bertz CT molecular complexity index is 1190. The Labute approximate surface area is 191 Å². The van der Waals surface area contributed by atoms with Gasteiger partial charge in [0.15, 0.2) is 12.4 Å². The van der Waals surface area contributed by atoms with Crippen LogP contribution in [0.25, 0.3) is 0 Å². The Morgan fingerprint density at radius 2 is 1.97 bits per heavy atom. The third-order valence-corrected chi connectivity index (χ3v) is 5.30. The second kappa shape index (κ2) is 10.4. The van der Waals surface area contributed by atoms with E-state index < -0.39 is 29.3 Å². The number of rotatable bonds is 9. The van der Waals surface area contributed by atoms with Gasteiger partial charge in [0.2, 0.25) is 0 Å². The van der Waals surface area contributed by atoms with E-state index in [-0.39, 0.29) is 27.8 Å². The topological polar surface area (TPSA) is 150 Å². The zero-order valence-electron chi connectivity index (χ0n) is 17.6. The van der Waals surface area contributed by atoms with Gasteiger partial charge in [0.1, 0.15) is 16.3 Å². The predicted molar refractivity (Wildman–Crippen MR) is 119 cm³/mol. The Hall–Kier alpha value is -4.19. The van der Waals surface area contributed by atoms with Crippen LogP contribution in [0.15, 0.2) is 47.1 Å². The summed E-state index contributed by atoms with van der Waals surface area (Å²) in [6.45, 7) is 3.06. The van der Waals surface area contributed by atoms with Crippen molar-refractivity contribution in [2.45, 2.75) is 13.8 Å². The van der Waals surface area contributed by atoms with Crippen LogP contribution in [0.1, 0.15) is 32.7 Å². The van der Waals surface area contributed by atoms with Gasteiger partial charge in [-0.3, -0.25) is 19.7 Å². The quantitative estimate of drug-likeness (QED) is 0.269. The molecule has 2 aromatic heterocycles. The molecular weight excluding hydrogens is 454 g/mol. The van der Waals surface area contributed by atoms with Crippen LogP contribution in [0.4, 0.5) is 16.4 Å². The summed E-state index contributed by atoms with van der Waals surface area (Å²) in [5, 5.41) is 16.6. The number of amides is 2. The maximum Gasteiger partial charge on any atom is 0.349 e. The van der Waals surface area contributed by atoms with Crippen LogP contribution in [0.5, 0.6) is 5.75 Å². The van der Waals surface area contributed by atoms with Gasteiger partial charge in [0.05, 0.1) is 28.9 Å². The van der Waals surface area contributed by atoms with Gasteiger partial charge >= 0.3 is 5.97 Å². The summed E-state index contributed by atoms with van der Waals surface area (Å²) in [4.78, 5) is 47.5. The van der Waals surface area contributed by atoms with Crippen LogP contribution in [0, 0.1) is 17.0 Å². The van der Waals surface area contributed by atoms with Crippen molar-refractivity contribution in [2.24, 2.45) is 0 Å². The largest absolute Gasteiger partial charge is 0.494 e. The molecule has 3 rings (SSSR count). The highest BCUT2D eigenvalue weighted by molar-refractivity contribution is 7.18. The van der Waals surface area contributed by atoms with E-state index in [2.05, 4.69) is 10.6 Å². The molecule has 12 heteroatoms. The number of ether oxygens (including phenoxy) is 2. The number of esters is 1. The van der Waals surface area contributed by atoms with Crippen molar-refractivity contribution in [3.8, 4) is 5.75 Å². The standard InChI is InChI=1S/C21H19N3O8S/c1-3-30-13-6-7-14(15(10-13)24(28)29)22-17(25)11-32-21(27)19-12(2)9-18(33-19)23-20(26)16-5-4-8-31-16/h4-10H,3,11H2,1-2H3,(H,22,25)(H,23,26). The molecule has 0 aliphatic carbocycles. The Morgan fingerprint density at radius 1 is 1.18 bits per heavy atom. The number of nitro groups is 1. The minimum atomic E-state index is -0.771. The molecule has 0 spiro atoms. The number of carbonyl (C=O) groups excluding carboxylic acids is 3. The molecule has 2 heterocycles. The summed E-state index contributed by atoms with van der Waals surface area (Å²) in [7, 11) is 0. The molecule has 0 fully saturated rings. The average molecular weight is 473 g/mol. The Balaban J connectivity index is 1.60. The van der Waals surface area contributed by atoms with Crippen LogP contribution >= 0.6 is 11.3 Å². The summed E-state index contributed by atoms with van der Waals surface area (Å²) in [5.74, 6) is -1.59. The molecule has 0 saturated carbocycles. The van der Waals surface area contributed by atoms with Crippen molar-refractivity contribution in [3.05, 3.63) is 69.0 Å². The molecule has 0 unspecified atom stereocenters. The third-order valence-electron chi connectivity index (χ3n) is 4.17. The number of carbonyl (C=O) groups is 3. The monoisotopic (exact) mass is 473 g/mol. The summed E-state index contributed by atoms with van der Waals surface area (Å²) in [6.07, 6.45) is 1.37. The van der Waals surface area contributed by atoms with Gasteiger partial charge in [-0.15, -0.1) is 11.3 Å². The molecule has 0 bridgehead atoms. The number of hydrogen-bond donors (Lipinski definition) is 2. The maximum atomic E-state index is 12.4. The highest BCUT2D eigenvalue weighted by Gasteiger charge is 2.21. The van der Waals surface area contributed by atoms with Crippen LogP contribution in [0.2, 0.25) is 0 Å². The minimum Gasteiger partial charge on any atom is -0.494 e. The van der Waals surface area contributed by atoms with Crippen LogP contribution in [-0.2, 0) is 9.53 Å². The van der Waals surface area contributed by atoms with E-state index in [0.29, 0.717) is 17.2 Å². The second-order valence-corrected chi connectivity index (χ2v) is 7.60. The fraction of sp³-hybridized carbons (Fsp3) is 0.190. The number of nitrogens with one attached hydrogen (secondary N) is 2. The third kappa shape index (κ3) is 5.95. The zero-order chi connectivity index (χ0) is 24.0. The molecule has 0 aliphatic heterocycles. The van der Waals surface area contributed by atoms with Gasteiger partial charge in [0.25, 0.3) is 17.5 Å². The van der Waals surface area contributed by atoms with Crippen molar-refractivity contribution >= 4 is 45.5 Å². The van der Waals surface area contributed by atoms with Crippen LogP contribution in [0.3, 0.4) is 0 Å². The van der Waals surface area contributed by atoms with Gasteiger partial charge in [-0.2, -0.15) is 0 Å². The second-order valence-electron chi connectivity index (χ2n) is 6.55. The van der Waals surface area contributed by atoms with Crippen molar-refractivity contribution in [1.82, 2.24) is 0 Å². The lowest BCUT2D eigenvalue weighted by Gasteiger charge is -2.09. The van der Waals surface area contributed by atoms with Crippen molar-refractivity contribution in [1.29, 1.82) is 0 Å². The molecule has 1 aromatic carbocycles. The normalized spacial score (nSPS) is 10.4. The Morgan fingerprint density at radius 3 is 2.64 bits per heavy atom. The minimum absolute atomic E-state index is 0.0558. The van der Waals surface area contributed by atoms with Gasteiger partial charge in [0, 0.05) is 0 Å². The number of thiophene rings is 1. The van der Waals surface area contributed by atoms with Gasteiger partial charge in [-0.05, 0) is 49.7 Å². The van der Waals surface area contributed by atoms with E-state index in [0.717, 1.165) is 11.3 Å². The number of anilines is 2. The van der Waals surface area contributed by atoms with Gasteiger partial charge < -0.3 is 24.5 Å². The highest BCUT2D eigenvalue weighted by atomic mass is 32.1. The molecule has 2 amide bonds. The molecule has 0 aliphatic rings. The van der Waals surface area contributed by atoms with Crippen molar-refractivity contribution in [2.75, 3.05) is 23.8 Å². The van der Waals surface area contributed by atoms with Crippen LogP contribution in [-0.4, -0.2) is 35.9 Å². The van der Waals surface area contributed by atoms with Gasteiger partial charge in [-0.1, -0.05) is 0 Å². The lowest BCUT2D eigenvalue weighted by molar-refractivity contribution is -0.384. The van der Waals surface area contributed by atoms with Crippen molar-refractivity contribution < 1.29 is 33.2 Å². The smallest absolute Gasteiger partial charge is 0.349 e. The molecule has 2 N–H and O–H groups in total. The molecule has 0 atom stereocenters. The number of aryl methyl sites for hydroxylation is 1. The predicted octanol–water partition coefficient (Wildman–Crippen LogP) is 4.00. The molecule has 172 valence electrons. The van der Waals surface area contributed by atoms with E-state index in [4.69, 9.17) is 13.9 Å². The van der Waals surface area contributed by atoms with Crippen molar-refractivity contribution in [3.63, 3.8) is 0 Å². The van der Waals surface area contributed by atoms with Crippen LogP contribution < -0.4 is 15.4 Å².